The first-order chi connectivity index (χ1) is 13.5. The van der Waals surface area contributed by atoms with Crippen molar-refractivity contribution in [1.82, 2.24) is 15.1 Å². The van der Waals surface area contributed by atoms with Gasteiger partial charge in [0.15, 0.2) is 0 Å². The van der Waals surface area contributed by atoms with Gasteiger partial charge in [0.25, 0.3) is 0 Å². The molecule has 0 aromatic heterocycles. The van der Waals surface area contributed by atoms with Crippen LogP contribution in [0.2, 0.25) is 0 Å². The lowest BCUT2D eigenvalue weighted by atomic mass is 9.93. The molecule has 1 N–H and O–H groups in total. The van der Waals surface area contributed by atoms with Crippen molar-refractivity contribution in [3.05, 3.63) is 46.7 Å². The number of morpholine rings is 1. The van der Waals surface area contributed by atoms with Gasteiger partial charge in [0.1, 0.15) is 0 Å². The molecule has 152 valence electrons. The van der Waals surface area contributed by atoms with Crippen LogP contribution in [0.5, 0.6) is 0 Å². The fraction of sp³-hybridized carbons (Fsp3) is 0.524. The van der Waals surface area contributed by atoms with E-state index in [0.717, 1.165) is 29.9 Å². The van der Waals surface area contributed by atoms with Crippen molar-refractivity contribution in [2.24, 2.45) is 0 Å². The number of carbonyl (C=O) groups is 2. The fourth-order valence-corrected chi connectivity index (χ4v) is 3.73. The number of hydrogen-bond donors (Lipinski definition) is 1. The minimum Gasteiger partial charge on any atom is -0.463 e. The van der Waals surface area contributed by atoms with Crippen LogP contribution in [0.25, 0.3) is 0 Å². The molecule has 0 aliphatic carbocycles. The second-order valence-electron chi connectivity index (χ2n) is 7.01. The highest BCUT2D eigenvalue weighted by atomic mass is 16.5. The predicted octanol–water partition coefficient (Wildman–Crippen LogP) is 2.23. The average molecular weight is 387 g/mol. The monoisotopic (exact) mass is 387 g/mol. The summed E-state index contributed by atoms with van der Waals surface area (Å²) in [6, 6.07) is 7.15. The maximum Gasteiger partial charge on any atom is 0.338 e. The summed E-state index contributed by atoms with van der Waals surface area (Å²) in [5.41, 5.74) is 3.19. The molecule has 3 rings (SSSR count). The molecule has 7 nitrogen and oxygen atoms in total. The Morgan fingerprint density at radius 3 is 2.68 bits per heavy atom. The molecular formula is C21H29N3O4. The van der Waals surface area contributed by atoms with Gasteiger partial charge in [-0.15, -0.1) is 0 Å². The van der Waals surface area contributed by atoms with E-state index in [4.69, 9.17) is 9.47 Å². The van der Waals surface area contributed by atoms with E-state index in [-0.39, 0.29) is 18.6 Å². The number of amides is 2. The first-order valence-electron chi connectivity index (χ1n) is 9.90. The molecule has 1 aromatic rings. The molecule has 0 saturated carbocycles. The zero-order chi connectivity index (χ0) is 20.1. The lowest BCUT2D eigenvalue weighted by Gasteiger charge is -2.38. The van der Waals surface area contributed by atoms with Gasteiger partial charge in [-0.3, -0.25) is 9.80 Å². The third-order valence-corrected chi connectivity index (χ3v) is 5.10. The molecule has 7 heteroatoms. The molecule has 1 fully saturated rings. The Bertz CT molecular complexity index is 756. The minimum atomic E-state index is -0.523. The Balaban J connectivity index is 2.08. The molecule has 2 amide bonds. The van der Waals surface area contributed by atoms with Crippen LogP contribution < -0.4 is 5.32 Å². The summed E-state index contributed by atoms with van der Waals surface area (Å²) in [6.45, 7) is 9.83. The van der Waals surface area contributed by atoms with Crippen LogP contribution in [-0.2, 0) is 14.3 Å². The average Bonchev–Trinajstić information content (AvgIpc) is 2.68. The van der Waals surface area contributed by atoms with E-state index >= 15 is 0 Å². The number of benzene rings is 1. The normalized spacial score (nSPS) is 20.9. The summed E-state index contributed by atoms with van der Waals surface area (Å²) < 4.78 is 10.8. The van der Waals surface area contributed by atoms with Crippen molar-refractivity contribution < 1.29 is 19.1 Å². The summed E-state index contributed by atoms with van der Waals surface area (Å²) in [6.07, 6.45) is 0. The molecule has 0 radical (unpaired) electrons. The summed E-state index contributed by atoms with van der Waals surface area (Å²) in [7, 11) is 0. The number of rotatable bonds is 6. The third-order valence-electron chi connectivity index (χ3n) is 5.10. The molecule has 0 spiro atoms. The Labute approximate surface area is 166 Å². The maximum absolute atomic E-state index is 13.0. The van der Waals surface area contributed by atoms with Gasteiger partial charge in [-0.25, -0.2) is 9.59 Å². The summed E-state index contributed by atoms with van der Waals surface area (Å²) in [5.74, 6) is -0.379. The lowest BCUT2D eigenvalue weighted by Crippen LogP contribution is -2.51. The number of urea groups is 1. The highest BCUT2D eigenvalue weighted by Gasteiger charge is 2.38. The van der Waals surface area contributed by atoms with E-state index in [1.165, 1.54) is 0 Å². The predicted molar refractivity (Wildman–Crippen MR) is 106 cm³/mol. The van der Waals surface area contributed by atoms with Gasteiger partial charge in [-0.1, -0.05) is 29.8 Å². The highest BCUT2D eigenvalue weighted by Crippen LogP contribution is 2.32. The van der Waals surface area contributed by atoms with Crippen LogP contribution >= 0.6 is 0 Å². The number of likely N-dealkylation sites (N-methyl/N-ethyl adjacent to an activating group) is 1. The third kappa shape index (κ3) is 4.36. The van der Waals surface area contributed by atoms with E-state index in [9.17, 15) is 9.59 Å². The first kappa shape index (κ1) is 20.4. The number of esters is 1. The van der Waals surface area contributed by atoms with Gasteiger partial charge in [-0.2, -0.15) is 0 Å². The second kappa shape index (κ2) is 9.21. The molecule has 1 atom stereocenters. The van der Waals surface area contributed by atoms with E-state index in [1.807, 2.05) is 38.1 Å². The van der Waals surface area contributed by atoms with Crippen molar-refractivity contribution in [2.75, 3.05) is 46.0 Å². The van der Waals surface area contributed by atoms with E-state index in [0.29, 0.717) is 31.9 Å². The molecule has 28 heavy (non-hydrogen) atoms. The standard InChI is InChI=1S/C21H29N3O4/c1-4-24-17(14-23-9-11-27-12-10-23)18(20(25)28-5-2)19(22-21(24)26)16-8-6-7-15(3)13-16/h6-8,13,19H,4-5,9-12,14H2,1-3H3,(H,22,26). The largest absolute Gasteiger partial charge is 0.463 e. The number of ether oxygens (including phenoxy) is 2. The van der Waals surface area contributed by atoms with E-state index in [1.54, 1.807) is 11.8 Å². The lowest BCUT2D eigenvalue weighted by molar-refractivity contribution is -0.139. The number of carbonyl (C=O) groups excluding carboxylic acids is 2. The van der Waals surface area contributed by atoms with E-state index < -0.39 is 6.04 Å². The molecule has 1 saturated heterocycles. The Kier molecular flexibility index (Phi) is 6.70. The number of nitrogens with zero attached hydrogens (tertiary/aromatic N) is 2. The smallest absolute Gasteiger partial charge is 0.338 e. The fourth-order valence-electron chi connectivity index (χ4n) is 3.73. The van der Waals surface area contributed by atoms with Crippen molar-refractivity contribution in [3.8, 4) is 0 Å². The first-order valence-corrected chi connectivity index (χ1v) is 9.90. The molecule has 2 aliphatic heterocycles. The SMILES string of the molecule is CCOC(=O)C1=C(CN2CCOCC2)N(CC)C(=O)NC1c1cccc(C)c1. The van der Waals surface area contributed by atoms with Crippen LogP contribution in [0.1, 0.15) is 31.0 Å². The van der Waals surface area contributed by atoms with Crippen LogP contribution in [0.15, 0.2) is 35.5 Å². The number of aryl methyl sites for hydroxylation is 1. The van der Waals surface area contributed by atoms with E-state index in [2.05, 4.69) is 10.2 Å². The molecule has 2 aliphatic rings. The summed E-state index contributed by atoms with van der Waals surface area (Å²) in [5, 5.41) is 3.00. The van der Waals surface area contributed by atoms with Gasteiger partial charge in [0, 0.05) is 31.9 Å². The van der Waals surface area contributed by atoms with Crippen LogP contribution in [-0.4, -0.2) is 67.8 Å². The number of nitrogens with one attached hydrogen (secondary N) is 1. The Hall–Kier alpha value is -2.38. The van der Waals surface area contributed by atoms with Crippen LogP contribution in [0.4, 0.5) is 4.79 Å². The van der Waals surface area contributed by atoms with Gasteiger partial charge < -0.3 is 14.8 Å². The molecule has 1 aromatic carbocycles. The van der Waals surface area contributed by atoms with Crippen LogP contribution in [0, 0.1) is 6.92 Å². The highest BCUT2D eigenvalue weighted by molar-refractivity contribution is 5.95. The molecule has 0 bridgehead atoms. The van der Waals surface area contributed by atoms with Gasteiger partial charge >= 0.3 is 12.0 Å². The van der Waals surface area contributed by atoms with Crippen LogP contribution in [0.3, 0.4) is 0 Å². The Morgan fingerprint density at radius 2 is 2.04 bits per heavy atom. The quantitative estimate of drug-likeness (QED) is 0.758. The minimum absolute atomic E-state index is 0.190. The Morgan fingerprint density at radius 1 is 1.29 bits per heavy atom. The molecule has 1 unspecified atom stereocenters. The zero-order valence-electron chi connectivity index (χ0n) is 16.9. The van der Waals surface area contributed by atoms with Crippen molar-refractivity contribution in [2.45, 2.75) is 26.8 Å². The topological polar surface area (TPSA) is 71.1 Å². The van der Waals surface area contributed by atoms with Crippen molar-refractivity contribution >= 4 is 12.0 Å². The van der Waals surface area contributed by atoms with Gasteiger partial charge in [0.2, 0.25) is 0 Å². The van der Waals surface area contributed by atoms with Crippen molar-refractivity contribution in [1.29, 1.82) is 0 Å². The van der Waals surface area contributed by atoms with Gasteiger partial charge in [-0.05, 0) is 26.3 Å². The van der Waals surface area contributed by atoms with Crippen molar-refractivity contribution in [3.63, 3.8) is 0 Å². The maximum atomic E-state index is 13.0. The second-order valence-corrected chi connectivity index (χ2v) is 7.01. The zero-order valence-corrected chi connectivity index (χ0v) is 16.9. The summed E-state index contributed by atoms with van der Waals surface area (Å²) >= 11 is 0. The number of hydrogen-bond acceptors (Lipinski definition) is 5. The summed E-state index contributed by atoms with van der Waals surface area (Å²) in [4.78, 5) is 29.7. The molecule has 2 heterocycles. The molecular weight excluding hydrogens is 358 g/mol. The van der Waals surface area contributed by atoms with Gasteiger partial charge in [0.05, 0.1) is 31.4 Å².